The predicted octanol–water partition coefficient (Wildman–Crippen LogP) is 14.3. The molecule has 0 saturated heterocycles. The Balaban J connectivity index is 1.06. The molecule has 0 unspecified atom stereocenters. The third-order valence-corrected chi connectivity index (χ3v) is 11.7. The van der Waals surface area contributed by atoms with E-state index in [0.29, 0.717) is 11.4 Å². The number of nitriles is 1. The van der Waals surface area contributed by atoms with E-state index in [2.05, 4.69) is 190 Å². The number of hydrogen-bond acceptors (Lipinski definition) is 3. The van der Waals surface area contributed by atoms with Crippen molar-refractivity contribution >= 4 is 0 Å². The van der Waals surface area contributed by atoms with Gasteiger partial charge in [0.25, 0.3) is 0 Å². The smallest absolute Gasteiger partial charge is 0.160 e. The molecule has 0 radical (unpaired) electrons. The van der Waals surface area contributed by atoms with Gasteiger partial charge in [-0.05, 0) is 121 Å². The van der Waals surface area contributed by atoms with Gasteiger partial charge in [-0.25, -0.2) is 9.97 Å². The molecule has 1 aromatic heterocycles. The number of aromatic nitrogens is 2. The molecule has 10 rings (SSSR count). The summed E-state index contributed by atoms with van der Waals surface area (Å²) < 4.78 is 0. The second-order valence-corrected chi connectivity index (χ2v) is 15.8. The largest absolute Gasteiger partial charge is 0.228 e. The van der Waals surface area contributed by atoms with Gasteiger partial charge in [-0.15, -0.1) is 0 Å². The molecule has 0 atom stereocenters. The Hall–Kier alpha value is -7.67. The van der Waals surface area contributed by atoms with Gasteiger partial charge < -0.3 is 0 Å². The van der Waals surface area contributed by atoms with Gasteiger partial charge in [-0.1, -0.05) is 159 Å². The van der Waals surface area contributed by atoms with Crippen molar-refractivity contribution in [2.45, 2.75) is 19.3 Å². The Morgan fingerprint density at radius 3 is 1.36 bits per heavy atom. The number of hydrogen-bond donors (Lipinski definition) is 0. The third-order valence-electron chi connectivity index (χ3n) is 11.7. The van der Waals surface area contributed by atoms with Crippen LogP contribution in [0.4, 0.5) is 0 Å². The fraction of sp³-hybridized carbons (Fsp3) is 0.0536. The Bertz CT molecular complexity index is 3010. The van der Waals surface area contributed by atoms with Crippen molar-refractivity contribution in [2.24, 2.45) is 0 Å². The fourth-order valence-electron chi connectivity index (χ4n) is 8.58. The quantitative estimate of drug-likeness (QED) is 0.163. The van der Waals surface area contributed by atoms with Crippen molar-refractivity contribution < 1.29 is 0 Å². The van der Waals surface area contributed by atoms with Crippen molar-refractivity contribution in [2.75, 3.05) is 0 Å². The summed E-state index contributed by atoms with van der Waals surface area (Å²) in [6.45, 7) is 4.54. The van der Waals surface area contributed by atoms with Gasteiger partial charge in [0.05, 0.1) is 23.0 Å². The number of nitrogens with zero attached hydrogens (tertiary/aromatic N) is 3. The fourth-order valence-corrected chi connectivity index (χ4v) is 8.58. The Morgan fingerprint density at radius 1 is 0.356 bits per heavy atom. The molecule has 1 heterocycles. The molecule has 8 aromatic carbocycles. The zero-order chi connectivity index (χ0) is 39.9. The first-order valence-electron chi connectivity index (χ1n) is 20.0. The lowest BCUT2D eigenvalue weighted by molar-refractivity contribution is 0.660. The lowest BCUT2D eigenvalue weighted by atomic mass is 9.82. The van der Waals surface area contributed by atoms with Crippen LogP contribution in [0, 0.1) is 11.3 Å². The molecule has 0 fully saturated rings. The molecule has 9 aromatic rings. The summed E-state index contributed by atoms with van der Waals surface area (Å²) in [7, 11) is 0. The standard InChI is InChI=1S/C56H39N3/c1-56(2)51-26-24-37(36-57)28-49(51)50-34-44(25-27-52(50)56)42-21-12-20-41(29-42)43-22-13-23-45(30-43)53-35-54(59-55(58-53)40-18-10-5-11-19-40)48-32-46(38-14-6-3-7-15-38)31-47(33-48)39-16-8-4-9-17-39/h3-35H,1-2H3. The molecule has 3 nitrogen and oxygen atoms in total. The van der Waals surface area contributed by atoms with Gasteiger partial charge in [-0.3, -0.25) is 0 Å². The van der Waals surface area contributed by atoms with E-state index in [1.165, 1.54) is 16.7 Å². The molecule has 59 heavy (non-hydrogen) atoms. The van der Waals surface area contributed by atoms with Crippen molar-refractivity contribution in [3.8, 4) is 95.6 Å². The van der Waals surface area contributed by atoms with Crippen LogP contribution in [0.3, 0.4) is 0 Å². The van der Waals surface area contributed by atoms with E-state index in [9.17, 15) is 5.26 Å². The molecule has 1 aliphatic rings. The summed E-state index contributed by atoms with van der Waals surface area (Å²) in [4.78, 5) is 10.4. The van der Waals surface area contributed by atoms with E-state index in [1.54, 1.807) is 0 Å². The highest BCUT2D eigenvalue weighted by Crippen LogP contribution is 2.50. The molecule has 0 aliphatic heterocycles. The van der Waals surface area contributed by atoms with Gasteiger partial charge in [-0.2, -0.15) is 5.26 Å². The molecule has 1 aliphatic carbocycles. The van der Waals surface area contributed by atoms with Crippen molar-refractivity contribution in [1.82, 2.24) is 9.97 Å². The number of benzene rings is 8. The SMILES string of the molecule is CC1(C)c2ccc(C#N)cc2-c2cc(-c3cccc(-c4cccc(-c5cc(-c6cc(-c7ccccc7)cc(-c7ccccc7)c6)nc(-c6ccccc6)n5)c4)c3)ccc21. The van der Waals surface area contributed by atoms with E-state index in [-0.39, 0.29) is 5.41 Å². The first-order valence-corrected chi connectivity index (χ1v) is 20.0. The maximum atomic E-state index is 9.68. The number of fused-ring (bicyclic) bond motifs is 3. The molecule has 0 spiro atoms. The molecule has 0 bridgehead atoms. The van der Waals surface area contributed by atoms with E-state index < -0.39 is 0 Å². The summed E-state index contributed by atoms with van der Waals surface area (Å²) in [5, 5.41) is 9.68. The summed E-state index contributed by atoms with van der Waals surface area (Å²) in [6.07, 6.45) is 0. The minimum Gasteiger partial charge on any atom is -0.228 e. The highest BCUT2D eigenvalue weighted by Gasteiger charge is 2.35. The summed E-state index contributed by atoms with van der Waals surface area (Å²) in [5.41, 5.74) is 19.3. The van der Waals surface area contributed by atoms with Crippen LogP contribution < -0.4 is 0 Å². The molecular formula is C56H39N3. The van der Waals surface area contributed by atoms with Crippen LogP contribution in [-0.2, 0) is 5.41 Å². The first-order chi connectivity index (χ1) is 28.9. The second-order valence-electron chi connectivity index (χ2n) is 15.8. The van der Waals surface area contributed by atoms with Gasteiger partial charge in [0.15, 0.2) is 5.82 Å². The molecular weight excluding hydrogens is 715 g/mol. The zero-order valence-corrected chi connectivity index (χ0v) is 32.9. The Morgan fingerprint density at radius 2 is 0.780 bits per heavy atom. The summed E-state index contributed by atoms with van der Waals surface area (Å²) >= 11 is 0. The van der Waals surface area contributed by atoms with Crippen molar-refractivity contribution in [1.29, 1.82) is 5.26 Å². The van der Waals surface area contributed by atoms with Crippen LogP contribution in [0.25, 0.3) is 89.5 Å². The predicted molar refractivity (Wildman–Crippen MR) is 242 cm³/mol. The van der Waals surface area contributed by atoms with Gasteiger partial charge in [0, 0.05) is 22.1 Å². The van der Waals surface area contributed by atoms with Crippen LogP contribution in [0.15, 0.2) is 200 Å². The highest BCUT2D eigenvalue weighted by molar-refractivity contribution is 5.87. The molecule has 0 saturated carbocycles. The minimum absolute atomic E-state index is 0.129. The zero-order valence-electron chi connectivity index (χ0n) is 32.9. The van der Waals surface area contributed by atoms with Crippen molar-refractivity contribution in [3.05, 3.63) is 217 Å². The minimum atomic E-state index is -0.129. The molecule has 0 N–H and O–H groups in total. The van der Waals surface area contributed by atoms with Crippen LogP contribution in [-0.4, -0.2) is 9.97 Å². The summed E-state index contributed by atoms with van der Waals surface area (Å²) in [6, 6.07) is 72.8. The monoisotopic (exact) mass is 753 g/mol. The topological polar surface area (TPSA) is 49.6 Å². The lowest BCUT2D eigenvalue weighted by Crippen LogP contribution is -2.14. The van der Waals surface area contributed by atoms with E-state index in [4.69, 9.17) is 9.97 Å². The van der Waals surface area contributed by atoms with Crippen LogP contribution in [0.1, 0.15) is 30.5 Å². The van der Waals surface area contributed by atoms with Crippen molar-refractivity contribution in [3.63, 3.8) is 0 Å². The van der Waals surface area contributed by atoms with Crippen LogP contribution in [0.5, 0.6) is 0 Å². The van der Waals surface area contributed by atoms with Crippen LogP contribution in [0.2, 0.25) is 0 Å². The van der Waals surface area contributed by atoms with Gasteiger partial charge in [0.2, 0.25) is 0 Å². The van der Waals surface area contributed by atoms with E-state index in [1.807, 2.05) is 30.3 Å². The number of rotatable bonds is 7. The second kappa shape index (κ2) is 14.7. The summed E-state index contributed by atoms with van der Waals surface area (Å²) in [5.74, 6) is 0.681. The lowest BCUT2D eigenvalue weighted by Gasteiger charge is -2.21. The average molecular weight is 754 g/mol. The molecule has 3 heteroatoms. The maximum absolute atomic E-state index is 9.68. The first kappa shape index (κ1) is 35.7. The van der Waals surface area contributed by atoms with Crippen LogP contribution >= 0.6 is 0 Å². The van der Waals surface area contributed by atoms with E-state index >= 15 is 0 Å². The Kier molecular flexibility index (Phi) is 8.89. The third kappa shape index (κ3) is 6.71. The molecule has 0 amide bonds. The van der Waals surface area contributed by atoms with E-state index in [0.717, 1.165) is 78.1 Å². The van der Waals surface area contributed by atoms with Gasteiger partial charge >= 0.3 is 0 Å². The highest BCUT2D eigenvalue weighted by atomic mass is 14.9. The average Bonchev–Trinajstić information content (AvgIpc) is 3.54. The Labute approximate surface area is 345 Å². The normalized spacial score (nSPS) is 12.4. The maximum Gasteiger partial charge on any atom is 0.160 e. The van der Waals surface area contributed by atoms with Gasteiger partial charge in [0.1, 0.15) is 0 Å². The molecule has 278 valence electrons.